The van der Waals surface area contributed by atoms with Crippen LogP contribution in [0.3, 0.4) is 0 Å². The average molecular weight is 336 g/mol. The molecule has 122 valence electrons. The highest BCUT2D eigenvalue weighted by atomic mass is 35.5. The van der Waals surface area contributed by atoms with Crippen LogP contribution in [-0.4, -0.2) is 27.8 Å². The van der Waals surface area contributed by atoms with Crippen molar-refractivity contribution in [3.05, 3.63) is 52.3 Å². The van der Waals surface area contributed by atoms with Crippen LogP contribution in [0.25, 0.3) is 0 Å². The van der Waals surface area contributed by atoms with E-state index in [0.29, 0.717) is 22.8 Å². The Labute approximate surface area is 139 Å². The van der Waals surface area contributed by atoms with E-state index in [4.69, 9.17) is 16.3 Å². The molecule has 6 nitrogen and oxygen atoms in total. The number of aromatic nitrogens is 2. The van der Waals surface area contributed by atoms with E-state index in [9.17, 15) is 9.59 Å². The van der Waals surface area contributed by atoms with Crippen LogP contribution in [0.1, 0.15) is 28.5 Å². The number of aryl methyl sites for hydroxylation is 1. The third kappa shape index (κ3) is 4.32. The van der Waals surface area contributed by atoms with Crippen molar-refractivity contribution in [2.45, 2.75) is 26.5 Å². The summed E-state index contributed by atoms with van der Waals surface area (Å²) in [6.07, 6.45) is 0.533. The van der Waals surface area contributed by atoms with Crippen molar-refractivity contribution in [1.29, 1.82) is 0 Å². The molecule has 0 fully saturated rings. The number of carbonyl (C=O) groups excluding carboxylic acids is 2. The lowest BCUT2D eigenvalue weighted by Gasteiger charge is -2.13. The molecule has 0 saturated heterocycles. The summed E-state index contributed by atoms with van der Waals surface area (Å²) in [4.78, 5) is 24.0. The molecular weight excluding hydrogens is 318 g/mol. The number of nitrogens with zero attached hydrogens (tertiary/aromatic N) is 2. The Morgan fingerprint density at radius 3 is 2.57 bits per heavy atom. The molecule has 23 heavy (non-hydrogen) atoms. The van der Waals surface area contributed by atoms with Gasteiger partial charge in [-0.1, -0.05) is 23.7 Å². The number of nitrogens with one attached hydrogen (secondary N) is 1. The van der Waals surface area contributed by atoms with E-state index >= 15 is 0 Å². The molecule has 2 aromatic rings. The van der Waals surface area contributed by atoms with Crippen molar-refractivity contribution in [3.8, 4) is 0 Å². The van der Waals surface area contributed by atoms with Gasteiger partial charge in [-0.15, -0.1) is 0 Å². The van der Waals surface area contributed by atoms with Crippen LogP contribution in [0, 0.1) is 6.92 Å². The lowest BCUT2D eigenvalue weighted by Crippen LogP contribution is -2.35. The normalized spacial score (nSPS) is 11.8. The zero-order valence-electron chi connectivity index (χ0n) is 13.2. The second kappa shape index (κ2) is 7.28. The predicted molar refractivity (Wildman–Crippen MR) is 86.1 cm³/mol. The molecule has 0 aliphatic heterocycles. The van der Waals surface area contributed by atoms with E-state index in [1.54, 1.807) is 30.8 Å². The molecule has 0 saturated carbocycles. The van der Waals surface area contributed by atoms with Crippen LogP contribution >= 0.6 is 11.6 Å². The molecule has 1 aromatic heterocycles. The van der Waals surface area contributed by atoms with Crippen LogP contribution in [0.2, 0.25) is 5.02 Å². The molecule has 0 bridgehead atoms. The van der Waals surface area contributed by atoms with E-state index < -0.39 is 12.1 Å². The molecule has 7 heteroatoms. The summed E-state index contributed by atoms with van der Waals surface area (Å²) in [6, 6.07) is 7.13. The van der Waals surface area contributed by atoms with E-state index in [1.807, 2.05) is 12.1 Å². The van der Waals surface area contributed by atoms with Gasteiger partial charge in [-0.05, 0) is 31.5 Å². The first kappa shape index (κ1) is 17.0. The Bertz CT molecular complexity index is 710. The molecule has 0 aliphatic rings. The molecule has 1 aromatic carbocycles. The Kier molecular flexibility index (Phi) is 5.39. The number of esters is 1. The van der Waals surface area contributed by atoms with Crippen LogP contribution in [-0.2, 0) is 23.1 Å². The number of hydrogen-bond acceptors (Lipinski definition) is 4. The summed E-state index contributed by atoms with van der Waals surface area (Å²) >= 11 is 5.80. The zero-order valence-corrected chi connectivity index (χ0v) is 13.9. The van der Waals surface area contributed by atoms with Crippen LogP contribution in [0.15, 0.2) is 30.5 Å². The van der Waals surface area contributed by atoms with Crippen LogP contribution < -0.4 is 5.32 Å². The quantitative estimate of drug-likeness (QED) is 0.850. The third-order valence-corrected chi connectivity index (χ3v) is 3.74. The first-order chi connectivity index (χ1) is 10.9. The van der Waals surface area contributed by atoms with E-state index in [-0.39, 0.29) is 5.91 Å². The minimum atomic E-state index is -0.894. The first-order valence-electron chi connectivity index (χ1n) is 7.10. The van der Waals surface area contributed by atoms with Gasteiger partial charge in [0.15, 0.2) is 6.10 Å². The number of ether oxygens (including phenoxy) is 1. The Balaban J connectivity index is 1.88. The van der Waals surface area contributed by atoms with Gasteiger partial charge in [0.05, 0.1) is 6.20 Å². The van der Waals surface area contributed by atoms with Crippen molar-refractivity contribution in [3.63, 3.8) is 0 Å². The Hall–Kier alpha value is -2.34. The fourth-order valence-electron chi connectivity index (χ4n) is 1.91. The molecule has 1 heterocycles. The number of benzene rings is 1. The van der Waals surface area contributed by atoms with Gasteiger partial charge in [-0.3, -0.25) is 9.48 Å². The smallest absolute Gasteiger partial charge is 0.342 e. The highest BCUT2D eigenvalue weighted by Crippen LogP contribution is 2.10. The molecule has 1 N–H and O–H groups in total. The van der Waals surface area contributed by atoms with Gasteiger partial charge in [-0.2, -0.15) is 5.10 Å². The first-order valence-corrected chi connectivity index (χ1v) is 7.48. The second-order valence-corrected chi connectivity index (χ2v) is 5.60. The van der Waals surface area contributed by atoms with Gasteiger partial charge in [0.2, 0.25) is 0 Å². The van der Waals surface area contributed by atoms with Gasteiger partial charge >= 0.3 is 5.97 Å². The number of hydrogen-bond donors (Lipinski definition) is 1. The SMILES string of the molecule is Cc1c(C(=O)OC(C)C(=O)NCc2ccc(Cl)cc2)cnn1C. The Morgan fingerprint density at radius 1 is 1.35 bits per heavy atom. The highest BCUT2D eigenvalue weighted by molar-refractivity contribution is 6.30. The van der Waals surface area contributed by atoms with Crippen LogP contribution in [0.4, 0.5) is 0 Å². The predicted octanol–water partition coefficient (Wildman–Crippen LogP) is 2.24. The standard InChI is InChI=1S/C16H18ClN3O3/c1-10-14(9-19-20(10)3)16(22)23-11(2)15(21)18-8-12-4-6-13(17)7-5-12/h4-7,9,11H,8H2,1-3H3,(H,18,21). The van der Waals surface area contributed by atoms with Gasteiger partial charge in [0.1, 0.15) is 5.56 Å². The lowest BCUT2D eigenvalue weighted by molar-refractivity contribution is -0.129. The van der Waals surface area contributed by atoms with E-state index in [0.717, 1.165) is 5.56 Å². The van der Waals surface area contributed by atoms with Crippen molar-refractivity contribution >= 4 is 23.5 Å². The fourth-order valence-corrected chi connectivity index (χ4v) is 2.04. The summed E-state index contributed by atoms with van der Waals surface area (Å²) in [7, 11) is 1.73. The summed E-state index contributed by atoms with van der Waals surface area (Å²) < 4.78 is 6.75. The van der Waals surface area contributed by atoms with Crippen molar-refractivity contribution < 1.29 is 14.3 Å². The summed E-state index contributed by atoms with van der Waals surface area (Å²) in [5.74, 6) is -0.931. The third-order valence-electron chi connectivity index (χ3n) is 3.49. The van der Waals surface area contributed by atoms with E-state index in [2.05, 4.69) is 10.4 Å². The van der Waals surface area contributed by atoms with Crippen molar-refractivity contribution in [2.75, 3.05) is 0 Å². The second-order valence-electron chi connectivity index (χ2n) is 5.16. The number of carbonyl (C=O) groups is 2. The topological polar surface area (TPSA) is 73.2 Å². The molecule has 0 spiro atoms. The minimum Gasteiger partial charge on any atom is -0.449 e. The number of halogens is 1. The largest absolute Gasteiger partial charge is 0.449 e. The van der Waals surface area contributed by atoms with Gasteiger partial charge in [0.25, 0.3) is 5.91 Å². The lowest BCUT2D eigenvalue weighted by atomic mass is 10.2. The minimum absolute atomic E-state index is 0.337. The highest BCUT2D eigenvalue weighted by Gasteiger charge is 2.21. The molecule has 1 unspecified atom stereocenters. The monoisotopic (exact) mass is 335 g/mol. The molecule has 1 amide bonds. The van der Waals surface area contributed by atoms with Gasteiger partial charge in [0, 0.05) is 24.3 Å². The Morgan fingerprint density at radius 2 is 2.00 bits per heavy atom. The molecule has 2 rings (SSSR count). The van der Waals surface area contributed by atoms with E-state index in [1.165, 1.54) is 13.1 Å². The summed E-state index contributed by atoms with van der Waals surface area (Å²) in [5, 5.41) is 7.33. The van der Waals surface area contributed by atoms with Crippen LogP contribution in [0.5, 0.6) is 0 Å². The number of rotatable bonds is 5. The van der Waals surface area contributed by atoms with Gasteiger partial charge < -0.3 is 10.1 Å². The molecular formula is C16H18ClN3O3. The molecule has 0 radical (unpaired) electrons. The average Bonchev–Trinajstić information content (AvgIpc) is 2.86. The number of amides is 1. The van der Waals surface area contributed by atoms with Crippen molar-refractivity contribution in [1.82, 2.24) is 15.1 Å². The zero-order chi connectivity index (χ0) is 17.0. The maximum absolute atomic E-state index is 12.0. The molecule has 1 atom stereocenters. The maximum atomic E-state index is 12.0. The van der Waals surface area contributed by atoms with Crippen molar-refractivity contribution in [2.24, 2.45) is 7.05 Å². The molecule has 0 aliphatic carbocycles. The van der Waals surface area contributed by atoms with Gasteiger partial charge in [-0.25, -0.2) is 4.79 Å². The summed E-state index contributed by atoms with van der Waals surface area (Å²) in [5.41, 5.74) is 1.94. The fraction of sp³-hybridized carbons (Fsp3) is 0.312. The maximum Gasteiger partial charge on any atom is 0.342 e. The summed E-state index contributed by atoms with van der Waals surface area (Å²) in [6.45, 7) is 3.62.